The molecule has 1 aromatic carbocycles. The van der Waals surface area contributed by atoms with Crippen LogP contribution in [0, 0.1) is 5.92 Å². The first-order valence-corrected chi connectivity index (χ1v) is 8.82. The van der Waals surface area contributed by atoms with Gasteiger partial charge in [-0.15, -0.1) is 0 Å². The van der Waals surface area contributed by atoms with E-state index in [4.69, 9.17) is 16.3 Å². The lowest BCUT2D eigenvalue weighted by molar-refractivity contribution is -0.123. The Kier molecular flexibility index (Phi) is 5.78. The molecule has 0 spiro atoms. The molecule has 1 aliphatic rings. The third-order valence-corrected chi connectivity index (χ3v) is 4.63. The Labute approximate surface area is 156 Å². The lowest BCUT2D eigenvalue weighted by Gasteiger charge is -2.18. The van der Waals surface area contributed by atoms with E-state index in [1.807, 2.05) is 0 Å². The number of aryl methyl sites for hydroxylation is 1. The highest BCUT2D eigenvalue weighted by molar-refractivity contribution is 6.30. The Morgan fingerprint density at radius 2 is 2.15 bits per heavy atom. The average Bonchev–Trinajstić information content (AvgIpc) is 3.11. The standard InChI is InChI=1S/C18H21ClN4O3/c1-22-18(25)8-15(10-21-22)23-7-6-13(11-23)9-20-17(24)12-26-16-4-2-14(19)3-5-16/h2-5,8,10,13H,6-7,9,11-12H2,1H3,(H,20,24). The van der Waals surface area contributed by atoms with Crippen molar-refractivity contribution in [2.45, 2.75) is 6.42 Å². The normalized spacial score (nSPS) is 16.5. The zero-order valence-corrected chi connectivity index (χ0v) is 15.3. The van der Waals surface area contributed by atoms with Crippen molar-refractivity contribution in [3.63, 3.8) is 0 Å². The zero-order chi connectivity index (χ0) is 18.5. The number of halogens is 1. The van der Waals surface area contributed by atoms with E-state index in [9.17, 15) is 9.59 Å². The van der Waals surface area contributed by atoms with Gasteiger partial charge in [0.2, 0.25) is 0 Å². The molecule has 1 aliphatic heterocycles. The number of amides is 1. The molecule has 1 aromatic heterocycles. The van der Waals surface area contributed by atoms with Crippen LogP contribution in [0.1, 0.15) is 6.42 Å². The second-order valence-corrected chi connectivity index (χ2v) is 6.76. The predicted octanol–water partition coefficient (Wildman–Crippen LogP) is 1.46. The van der Waals surface area contributed by atoms with Gasteiger partial charge in [-0.2, -0.15) is 5.10 Å². The molecule has 0 saturated carbocycles. The molecule has 0 aliphatic carbocycles. The Balaban J connectivity index is 1.42. The molecule has 1 amide bonds. The average molecular weight is 377 g/mol. The Morgan fingerprint density at radius 3 is 2.88 bits per heavy atom. The molecule has 138 valence electrons. The van der Waals surface area contributed by atoms with E-state index < -0.39 is 0 Å². The quantitative estimate of drug-likeness (QED) is 0.825. The van der Waals surface area contributed by atoms with Gasteiger partial charge in [-0.1, -0.05) is 11.6 Å². The highest BCUT2D eigenvalue weighted by Gasteiger charge is 2.23. The van der Waals surface area contributed by atoms with E-state index >= 15 is 0 Å². The number of nitrogens with one attached hydrogen (secondary N) is 1. The fraction of sp³-hybridized carbons (Fsp3) is 0.389. The van der Waals surface area contributed by atoms with Crippen LogP contribution in [0.5, 0.6) is 5.75 Å². The smallest absolute Gasteiger partial charge is 0.268 e. The fourth-order valence-electron chi connectivity index (χ4n) is 2.86. The summed E-state index contributed by atoms with van der Waals surface area (Å²) in [6.07, 6.45) is 2.65. The van der Waals surface area contributed by atoms with E-state index in [2.05, 4.69) is 15.3 Å². The van der Waals surface area contributed by atoms with Gasteiger partial charge in [0.15, 0.2) is 6.61 Å². The van der Waals surface area contributed by atoms with E-state index in [0.29, 0.717) is 23.2 Å². The topological polar surface area (TPSA) is 76.5 Å². The van der Waals surface area contributed by atoms with Crippen molar-refractivity contribution in [3.8, 4) is 5.75 Å². The van der Waals surface area contributed by atoms with Crippen LogP contribution in [-0.2, 0) is 11.8 Å². The molecule has 0 radical (unpaired) electrons. The maximum Gasteiger partial charge on any atom is 0.268 e. The maximum absolute atomic E-state index is 11.9. The largest absolute Gasteiger partial charge is 0.484 e. The minimum atomic E-state index is -0.159. The van der Waals surface area contributed by atoms with Crippen molar-refractivity contribution in [2.75, 3.05) is 31.1 Å². The molecule has 8 heteroatoms. The van der Waals surface area contributed by atoms with Crippen molar-refractivity contribution >= 4 is 23.2 Å². The molecule has 1 N–H and O–H groups in total. The van der Waals surface area contributed by atoms with Crippen LogP contribution in [0.3, 0.4) is 0 Å². The summed E-state index contributed by atoms with van der Waals surface area (Å²) in [6, 6.07) is 8.47. The van der Waals surface area contributed by atoms with Gasteiger partial charge in [-0.3, -0.25) is 9.59 Å². The molecule has 26 heavy (non-hydrogen) atoms. The predicted molar refractivity (Wildman–Crippen MR) is 99.8 cm³/mol. The molecule has 1 atom stereocenters. The molecule has 1 unspecified atom stereocenters. The van der Waals surface area contributed by atoms with E-state index in [1.54, 1.807) is 43.6 Å². The maximum atomic E-state index is 11.9. The monoisotopic (exact) mass is 376 g/mol. The Bertz CT molecular complexity index is 822. The molecule has 7 nitrogen and oxygen atoms in total. The summed E-state index contributed by atoms with van der Waals surface area (Å²) in [4.78, 5) is 25.8. The van der Waals surface area contributed by atoms with Crippen LogP contribution in [0.2, 0.25) is 5.02 Å². The van der Waals surface area contributed by atoms with Gasteiger partial charge in [-0.25, -0.2) is 4.68 Å². The summed E-state index contributed by atoms with van der Waals surface area (Å²) in [5, 5.41) is 7.57. The van der Waals surface area contributed by atoms with Crippen LogP contribution >= 0.6 is 11.6 Å². The van der Waals surface area contributed by atoms with Crippen LogP contribution < -0.4 is 20.5 Å². The molecule has 1 fully saturated rings. The van der Waals surface area contributed by atoms with Crippen molar-refractivity contribution in [1.82, 2.24) is 15.1 Å². The Morgan fingerprint density at radius 1 is 1.38 bits per heavy atom. The third-order valence-electron chi connectivity index (χ3n) is 4.38. The van der Waals surface area contributed by atoms with Crippen LogP contribution in [0.25, 0.3) is 0 Å². The fourth-order valence-corrected chi connectivity index (χ4v) is 2.98. The molecule has 3 rings (SSSR count). The van der Waals surface area contributed by atoms with Gasteiger partial charge >= 0.3 is 0 Å². The number of anilines is 1. The summed E-state index contributed by atoms with van der Waals surface area (Å²) in [6.45, 7) is 2.18. The van der Waals surface area contributed by atoms with Crippen LogP contribution in [0.15, 0.2) is 41.3 Å². The van der Waals surface area contributed by atoms with Crippen molar-refractivity contribution in [3.05, 3.63) is 51.9 Å². The molecule has 2 heterocycles. The third kappa shape index (κ3) is 4.76. The summed E-state index contributed by atoms with van der Waals surface area (Å²) in [7, 11) is 1.63. The summed E-state index contributed by atoms with van der Waals surface area (Å²) in [5.74, 6) is 0.780. The minimum absolute atomic E-state index is 0.0310. The van der Waals surface area contributed by atoms with Gasteiger partial charge in [0, 0.05) is 37.8 Å². The van der Waals surface area contributed by atoms with Gasteiger partial charge in [0.25, 0.3) is 11.5 Å². The van der Waals surface area contributed by atoms with Crippen LogP contribution in [-0.4, -0.2) is 41.9 Å². The molecule has 2 aromatic rings. The number of nitrogens with zero attached hydrogens (tertiary/aromatic N) is 3. The SMILES string of the molecule is Cn1ncc(N2CCC(CNC(=O)COc3ccc(Cl)cc3)C2)cc1=O. The van der Waals surface area contributed by atoms with Crippen molar-refractivity contribution in [2.24, 2.45) is 13.0 Å². The molecule has 1 saturated heterocycles. The number of carbonyl (C=O) groups is 1. The molecular weight excluding hydrogens is 356 g/mol. The second-order valence-electron chi connectivity index (χ2n) is 6.32. The van der Waals surface area contributed by atoms with E-state index in [-0.39, 0.29) is 18.1 Å². The highest BCUT2D eigenvalue weighted by atomic mass is 35.5. The van der Waals surface area contributed by atoms with Gasteiger partial charge in [-0.05, 0) is 36.6 Å². The number of ether oxygens (including phenoxy) is 1. The second kappa shape index (κ2) is 8.23. The highest BCUT2D eigenvalue weighted by Crippen LogP contribution is 2.21. The number of benzene rings is 1. The number of carbonyl (C=O) groups excluding carboxylic acids is 1. The lowest BCUT2D eigenvalue weighted by atomic mass is 10.1. The first-order valence-electron chi connectivity index (χ1n) is 8.44. The first-order chi connectivity index (χ1) is 12.5. The summed E-state index contributed by atoms with van der Waals surface area (Å²) >= 11 is 5.81. The van der Waals surface area contributed by atoms with Gasteiger partial charge in [0.1, 0.15) is 5.75 Å². The lowest BCUT2D eigenvalue weighted by Crippen LogP contribution is -2.34. The zero-order valence-electron chi connectivity index (χ0n) is 14.5. The number of hydrogen-bond donors (Lipinski definition) is 1. The minimum Gasteiger partial charge on any atom is -0.484 e. The first kappa shape index (κ1) is 18.3. The number of rotatable bonds is 6. The van der Waals surface area contributed by atoms with E-state index in [0.717, 1.165) is 25.2 Å². The van der Waals surface area contributed by atoms with Crippen LogP contribution in [0.4, 0.5) is 5.69 Å². The van der Waals surface area contributed by atoms with Crippen molar-refractivity contribution in [1.29, 1.82) is 0 Å². The van der Waals surface area contributed by atoms with Gasteiger partial charge in [0.05, 0.1) is 11.9 Å². The Hall–Kier alpha value is -2.54. The molecular formula is C18H21ClN4O3. The number of hydrogen-bond acceptors (Lipinski definition) is 5. The number of aromatic nitrogens is 2. The molecule has 0 bridgehead atoms. The summed E-state index contributed by atoms with van der Waals surface area (Å²) in [5.41, 5.74) is 0.701. The van der Waals surface area contributed by atoms with Gasteiger partial charge < -0.3 is 15.0 Å². The van der Waals surface area contributed by atoms with Crippen molar-refractivity contribution < 1.29 is 9.53 Å². The van der Waals surface area contributed by atoms with E-state index in [1.165, 1.54) is 4.68 Å². The summed E-state index contributed by atoms with van der Waals surface area (Å²) < 4.78 is 6.73.